The molecule has 5 rings (SSSR count). The van der Waals surface area contributed by atoms with E-state index in [-0.39, 0.29) is 36.4 Å². The van der Waals surface area contributed by atoms with Gasteiger partial charge in [0.25, 0.3) is 5.91 Å². The largest absolute Gasteiger partial charge is 0.480 e. The van der Waals surface area contributed by atoms with Crippen molar-refractivity contribution in [3.63, 3.8) is 0 Å². The molecule has 0 spiro atoms. The number of nitrogens with one attached hydrogen (secondary N) is 2. The van der Waals surface area contributed by atoms with Crippen LogP contribution < -0.4 is 10.6 Å². The highest BCUT2D eigenvalue weighted by Gasteiger charge is 2.48. The number of imidazole rings is 1. The first kappa shape index (κ1) is 24.8. The number of aliphatic carboxylic acids is 1. The number of carboxylic acids is 1. The molecule has 1 aliphatic carbocycles. The Bertz CT molecular complexity index is 1310. The molecule has 37 heavy (non-hydrogen) atoms. The summed E-state index contributed by atoms with van der Waals surface area (Å²) in [5.41, 5.74) is 0.744. The molecule has 12 heteroatoms. The van der Waals surface area contributed by atoms with Crippen molar-refractivity contribution in [1.82, 2.24) is 35.5 Å². The summed E-state index contributed by atoms with van der Waals surface area (Å²) in [7, 11) is 0. The molecule has 2 atom stereocenters. The molecular weight excluding hydrogens is 478 g/mol. The minimum absolute atomic E-state index is 0.0150. The molecule has 0 bridgehead atoms. The maximum Gasteiger partial charge on any atom is 0.319 e. The maximum absolute atomic E-state index is 13.0. The normalized spacial score (nSPS) is 21.8. The van der Waals surface area contributed by atoms with Crippen LogP contribution in [0.25, 0.3) is 5.65 Å². The highest BCUT2D eigenvalue weighted by molar-refractivity contribution is 6.02. The molecule has 0 unspecified atom stereocenters. The van der Waals surface area contributed by atoms with Crippen molar-refractivity contribution >= 4 is 23.4 Å². The Labute approximate surface area is 213 Å². The minimum atomic E-state index is -1.54. The summed E-state index contributed by atoms with van der Waals surface area (Å²) in [6, 6.07) is 3.11. The summed E-state index contributed by atoms with van der Waals surface area (Å²) in [6.45, 7) is 2.14. The molecule has 1 saturated carbocycles. The number of carbonyl (C=O) groups excluding carboxylic acids is 2. The van der Waals surface area contributed by atoms with Crippen molar-refractivity contribution in [2.45, 2.75) is 70.8 Å². The minimum Gasteiger partial charge on any atom is -0.480 e. The number of amides is 2. The van der Waals surface area contributed by atoms with Crippen LogP contribution in [0, 0.1) is 18.3 Å². The van der Waals surface area contributed by atoms with Crippen molar-refractivity contribution in [3.05, 3.63) is 41.1 Å². The van der Waals surface area contributed by atoms with E-state index in [4.69, 9.17) is 9.61 Å². The fourth-order valence-corrected chi connectivity index (χ4v) is 5.54. The number of piperidine rings is 1. The molecular formula is C25H31N7O5. The molecule has 4 heterocycles. The quantitative estimate of drug-likeness (QED) is 0.320. The molecule has 2 fully saturated rings. The van der Waals surface area contributed by atoms with Crippen LogP contribution in [0.4, 0.5) is 0 Å². The Morgan fingerprint density at radius 3 is 2.68 bits per heavy atom. The summed E-state index contributed by atoms with van der Waals surface area (Å²) in [4.78, 5) is 42.5. The zero-order chi connectivity index (χ0) is 26.0. The van der Waals surface area contributed by atoms with E-state index in [0.717, 1.165) is 25.7 Å². The Hall–Kier alpha value is -3.83. The summed E-state index contributed by atoms with van der Waals surface area (Å²) >= 11 is 0. The van der Waals surface area contributed by atoms with Gasteiger partial charge in [0.05, 0.1) is 23.6 Å². The highest BCUT2D eigenvalue weighted by atomic mass is 16.6. The third-order valence-corrected chi connectivity index (χ3v) is 7.63. The topological polar surface area (TPSA) is 165 Å². The van der Waals surface area contributed by atoms with Gasteiger partial charge in [-0.25, -0.2) is 14.1 Å². The van der Waals surface area contributed by atoms with Crippen molar-refractivity contribution < 1.29 is 24.1 Å². The first-order valence-electron chi connectivity index (χ1n) is 12.8. The average Bonchev–Trinajstić information content (AvgIpc) is 3.40. The Morgan fingerprint density at radius 2 is 2.00 bits per heavy atom. The van der Waals surface area contributed by atoms with E-state index in [1.807, 2.05) is 0 Å². The van der Waals surface area contributed by atoms with Crippen molar-refractivity contribution in [2.24, 2.45) is 11.3 Å². The zero-order valence-corrected chi connectivity index (χ0v) is 20.8. The number of nitrogens with zero attached hydrogens (tertiary/aromatic N) is 5. The van der Waals surface area contributed by atoms with Crippen LogP contribution in [0.1, 0.15) is 85.0 Å². The fraction of sp³-hybridized carbons (Fsp3) is 0.560. The van der Waals surface area contributed by atoms with Crippen molar-refractivity contribution in [3.8, 4) is 0 Å². The summed E-state index contributed by atoms with van der Waals surface area (Å²) < 4.78 is 6.31. The average molecular weight is 510 g/mol. The first-order chi connectivity index (χ1) is 17.9. The summed E-state index contributed by atoms with van der Waals surface area (Å²) in [6.07, 6.45) is 9.03. The third kappa shape index (κ3) is 4.92. The number of fused-ring (bicyclic) bond motifs is 1. The SMILES string of the molecule is Cc1nonc1C(=O)N[C@H](c1cn2nc(C[C@@]3(C(=O)O)CCCNC3=O)ccc2n1)C1CCCCCC1. The van der Waals surface area contributed by atoms with Gasteiger partial charge in [-0.3, -0.25) is 14.4 Å². The van der Waals surface area contributed by atoms with Gasteiger partial charge in [0.15, 0.2) is 16.8 Å². The molecule has 196 valence electrons. The van der Waals surface area contributed by atoms with Crippen LogP contribution in [0.3, 0.4) is 0 Å². The smallest absolute Gasteiger partial charge is 0.319 e. The predicted octanol–water partition coefficient (Wildman–Crippen LogP) is 2.39. The molecule has 3 aromatic rings. The standard InChI is InChI=1S/C25H31N7O5/c1-15-20(31-37-30-15)22(33)28-21(16-7-4-2-3-5-8-16)18-14-32-19(27-18)10-9-17(29-32)13-25(24(35)36)11-6-12-26-23(25)34/h9-10,14,16,21H,2-8,11-13H2,1H3,(H,26,34)(H,28,33)(H,35,36)/t21-,25-/m0/s1. The third-order valence-electron chi connectivity index (χ3n) is 7.63. The van der Waals surface area contributed by atoms with Crippen molar-refractivity contribution in [1.29, 1.82) is 0 Å². The van der Waals surface area contributed by atoms with Gasteiger partial charge < -0.3 is 15.7 Å². The van der Waals surface area contributed by atoms with E-state index in [0.29, 0.717) is 35.7 Å². The molecule has 3 N–H and O–H groups in total. The first-order valence-corrected chi connectivity index (χ1v) is 12.8. The Balaban J connectivity index is 1.45. The Morgan fingerprint density at radius 1 is 1.22 bits per heavy atom. The van der Waals surface area contributed by atoms with Gasteiger partial charge in [-0.15, -0.1) is 0 Å². The van der Waals surface area contributed by atoms with Crippen LogP contribution >= 0.6 is 0 Å². The van der Waals surface area contributed by atoms with Gasteiger partial charge in [-0.2, -0.15) is 5.10 Å². The molecule has 12 nitrogen and oxygen atoms in total. The summed E-state index contributed by atoms with van der Waals surface area (Å²) in [5.74, 6) is -1.80. The van der Waals surface area contributed by atoms with Crippen LogP contribution in [0.15, 0.2) is 23.0 Å². The molecule has 2 aliphatic rings. The number of aryl methyl sites for hydroxylation is 1. The lowest BCUT2D eigenvalue weighted by Crippen LogP contribution is -2.52. The number of hydrogen-bond donors (Lipinski definition) is 3. The number of carboxylic acid groups (broad SMARTS) is 1. The molecule has 0 radical (unpaired) electrons. The van der Waals surface area contributed by atoms with Gasteiger partial charge in [-0.05, 0) is 55.8 Å². The lowest BCUT2D eigenvalue weighted by molar-refractivity contribution is -0.158. The molecule has 1 saturated heterocycles. The zero-order valence-electron chi connectivity index (χ0n) is 20.8. The van der Waals surface area contributed by atoms with Crippen LogP contribution in [0.5, 0.6) is 0 Å². The van der Waals surface area contributed by atoms with Crippen LogP contribution in [0.2, 0.25) is 0 Å². The van der Waals surface area contributed by atoms with E-state index in [1.165, 1.54) is 12.8 Å². The number of aromatic nitrogens is 5. The molecule has 3 aromatic heterocycles. The number of rotatable bonds is 7. The Kier molecular flexibility index (Phi) is 6.90. The second-order valence-corrected chi connectivity index (χ2v) is 10.1. The lowest BCUT2D eigenvalue weighted by Gasteiger charge is -2.31. The van der Waals surface area contributed by atoms with Gasteiger partial charge >= 0.3 is 5.97 Å². The van der Waals surface area contributed by atoms with Gasteiger partial charge in [0.2, 0.25) is 5.91 Å². The van der Waals surface area contributed by atoms with E-state index in [9.17, 15) is 19.5 Å². The highest BCUT2D eigenvalue weighted by Crippen LogP contribution is 2.34. The monoisotopic (exact) mass is 509 g/mol. The van der Waals surface area contributed by atoms with E-state index >= 15 is 0 Å². The number of carbonyl (C=O) groups is 3. The van der Waals surface area contributed by atoms with Crippen LogP contribution in [-0.2, 0) is 16.0 Å². The van der Waals surface area contributed by atoms with E-state index in [2.05, 4.69) is 26.0 Å². The second-order valence-electron chi connectivity index (χ2n) is 10.1. The molecule has 2 amide bonds. The predicted molar refractivity (Wildman–Crippen MR) is 129 cm³/mol. The van der Waals surface area contributed by atoms with Gasteiger partial charge in [-0.1, -0.05) is 30.8 Å². The maximum atomic E-state index is 13.0. The van der Waals surface area contributed by atoms with Crippen LogP contribution in [-0.4, -0.2) is 54.3 Å². The number of hydrogen-bond acceptors (Lipinski definition) is 8. The van der Waals surface area contributed by atoms with E-state index in [1.54, 1.807) is 29.8 Å². The molecule has 1 aliphatic heterocycles. The fourth-order valence-electron chi connectivity index (χ4n) is 5.54. The second kappa shape index (κ2) is 10.3. The molecule has 0 aromatic carbocycles. The van der Waals surface area contributed by atoms with E-state index < -0.39 is 17.3 Å². The van der Waals surface area contributed by atoms with Gasteiger partial charge in [0, 0.05) is 13.0 Å². The van der Waals surface area contributed by atoms with Gasteiger partial charge in [0.1, 0.15) is 5.69 Å². The van der Waals surface area contributed by atoms with Crippen molar-refractivity contribution in [2.75, 3.05) is 6.54 Å². The summed E-state index contributed by atoms with van der Waals surface area (Å²) in [5, 5.41) is 27.7. The lowest BCUT2D eigenvalue weighted by atomic mass is 9.76.